The minimum atomic E-state index is -1.10. The van der Waals surface area contributed by atoms with Gasteiger partial charge in [0, 0.05) is 5.41 Å². The molecule has 0 spiro atoms. The SMILES string of the molecule is C=C(C)C1CCC2CC[C@]3(C)C(CCC4C5(C)CCC(OC(=O)CC(C)(C)C(=O)O)C(C)(C)C5CCC43C)C21. The maximum Gasteiger partial charge on any atom is 0.309 e. The van der Waals surface area contributed by atoms with Gasteiger partial charge in [0.1, 0.15) is 6.10 Å². The van der Waals surface area contributed by atoms with Crippen LogP contribution in [0.1, 0.15) is 126 Å². The second kappa shape index (κ2) is 9.35. The van der Waals surface area contributed by atoms with Crippen LogP contribution in [0.4, 0.5) is 0 Å². The van der Waals surface area contributed by atoms with E-state index in [4.69, 9.17) is 4.74 Å². The molecule has 220 valence electrons. The summed E-state index contributed by atoms with van der Waals surface area (Å²) in [6.45, 7) is 22.6. The molecular weight excluding hydrogens is 484 g/mol. The lowest BCUT2D eigenvalue weighted by atomic mass is 9.33. The molecule has 5 aliphatic rings. The summed E-state index contributed by atoms with van der Waals surface area (Å²) < 4.78 is 6.12. The quantitative estimate of drug-likeness (QED) is 0.280. The number of hydrogen-bond acceptors (Lipinski definition) is 3. The molecule has 0 aromatic heterocycles. The van der Waals surface area contributed by atoms with Gasteiger partial charge in [-0.15, -0.1) is 0 Å². The van der Waals surface area contributed by atoms with Crippen molar-refractivity contribution in [1.29, 1.82) is 0 Å². The van der Waals surface area contributed by atoms with E-state index in [1.807, 2.05) is 0 Å². The summed E-state index contributed by atoms with van der Waals surface area (Å²) in [5.74, 6) is 3.19. The number of hydrogen-bond donors (Lipinski definition) is 1. The van der Waals surface area contributed by atoms with Crippen molar-refractivity contribution in [3.63, 3.8) is 0 Å². The van der Waals surface area contributed by atoms with Crippen molar-refractivity contribution in [3.8, 4) is 0 Å². The number of fused-ring (bicyclic) bond motifs is 7. The average Bonchev–Trinajstić information content (AvgIpc) is 3.25. The van der Waals surface area contributed by atoms with Crippen LogP contribution in [-0.4, -0.2) is 23.1 Å². The first-order valence-electron chi connectivity index (χ1n) is 16.1. The summed E-state index contributed by atoms with van der Waals surface area (Å²) in [7, 11) is 0. The van der Waals surface area contributed by atoms with Crippen LogP contribution < -0.4 is 0 Å². The lowest BCUT2D eigenvalue weighted by molar-refractivity contribution is -0.244. The number of rotatable bonds is 5. The van der Waals surface area contributed by atoms with Gasteiger partial charge in [-0.05, 0) is 137 Å². The normalized spacial score (nSPS) is 46.7. The summed E-state index contributed by atoms with van der Waals surface area (Å²) >= 11 is 0. The van der Waals surface area contributed by atoms with Crippen LogP contribution in [0.2, 0.25) is 0 Å². The van der Waals surface area contributed by atoms with E-state index in [0.29, 0.717) is 22.7 Å². The highest BCUT2D eigenvalue weighted by Crippen LogP contribution is 2.76. The second-order valence-electron chi connectivity index (χ2n) is 16.8. The Kier molecular flexibility index (Phi) is 6.99. The van der Waals surface area contributed by atoms with E-state index in [9.17, 15) is 14.7 Å². The predicted octanol–water partition coefficient (Wildman–Crippen LogP) is 8.69. The first kappa shape index (κ1) is 29.2. The smallest absolute Gasteiger partial charge is 0.309 e. The van der Waals surface area contributed by atoms with Crippen LogP contribution >= 0.6 is 0 Å². The molecule has 39 heavy (non-hydrogen) atoms. The van der Waals surface area contributed by atoms with Crippen molar-refractivity contribution in [3.05, 3.63) is 12.2 Å². The highest BCUT2D eigenvalue weighted by molar-refractivity contribution is 5.81. The Hall–Kier alpha value is -1.32. The van der Waals surface area contributed by atoms with Crippen LogP contribution in [0.25, 0.3) is 0 Å². The van der Waals surface area contributed by atoms with Crippen molar-refractivity contribution < 1.29 is 19.4 Å². The minimum absolute atomic E-state index is 0.0787. The molecule has 0 bridgehead atoms. The van der Waals surface area contributed by atoms with Gasteiger partial charge in [0.25, 0.3) is 0 Å². The highest BCUT2D eigenvalue weighted by Gasteiger charge is 2.69. The predicted molar refractivity (Wildman–Crippen MR) is 156 cm³/mol. The molecule has 0 heterocycles. The zero-order valence-electron chi connectivity index (χ0n) is 26.2. The zero-order chi connectivity index (χ0) is 28.8. The molecule has 0 aliphatic heterocycles. The third-order valence-corrected chi connectivity index (χ3v) is 14.3. The van der Waals surface area contributed by atoms with Gasteiger partial charge in [-0.25, -0.2) is 0 Å². The maximum absolute atomic E-state index is 12.9. The van der Waals surface area contributed by atoms with E-state index < -0.39 is 11.4 Å². The van der Waals surface area contributed by atoms with Crippen molar-refractivity contribution in [2.24, 2.45) is 62.6 Å². The van der Waals surface area contributed by atoms with Gasteiger partial charge in [0.05, 0.1) is 11.8 Å². The molecule has 4 nitrogen and oxygen atoms in total. The zero-order valence-corrected chi connectivity index (χ0v) is 26.2. The van der Waals surface area contributed by atoms with E-state index in [1.54, 1.807) is 13.8 Å². The van der Waals surface area contributed by atoms with E-state index in [0.717, 1.165) is 36.5 Å². The van der Waals surface area contributed by atoms with E-state index in [-0.39, 0.29) is 29.3 Å². The molecule has 5 saturated carbocycles. The summed E-state index contributed by atoms with van der Waals surface area (Å²) in [4.78, 5) is 24.5. The molecule has 10 atom stereocenters. The Labute approximate surface area is 238 Å². The Morgan fingerprint density at radius 3 is 2.18 bits per heavy atom. The van der Waals surface area contributed by atoms with E-state index >= 15 is 0 Å². The molecule has 5 aliphatic carbocycles. The summed E-state index contributed by atoms with van der Waals surface area (Å²) in [5, 5.41) is 9.50. The Bertz CT molecular complexity index is 1030. The number of allylic oxidation sites excluding steroid dienone is 1. The number of esters is 1. The fourth-order valence-electron chi connectivity index (χ4n) is 12.0. The van der Waals surface area contributed by atoms with Crippen LogP contribution in [0.15, 0.2) is 12.2 Å². The van der Waals surface area contributed by atoms with Crippen LogP contribution in [0, 0.1) is 62.6 Å². The largest absolute Gasteiger partial charge is 0.481 e. The van der Waals surface area contributed by atoms with Crippen LogP contribution in [0.3, 0.4) is 0 Å². The van der Waals surface area contributed by atoms with Crippen molar-refractivity contribution in [1.82, 2.24) is 0 Å². The van der Waals surface area contributed by atoms with Gasteiger partial charge in [-0.3, -0.25) is 9.59 Å². The Morgan fingerprint density at radius 2 is 1.54 bits per heavy atom. The molecule has 0 saturated heterocycles. The Morgan fingerprint density at radius 1 is 0.872 bits per heavy atom. The van der Waals surface area contributed by atoms with Crippen molar-refractivity contribution in [2.75, 3.05) is 0 Å². The third-order valence-electron chi connectivity index (χ3n) is 14.3. The first-order valence-corrected chi connectivity index (χ1v) is 16.1. The molecular formula is C35H56O4. The number of carboxylic acid groups (broad SMARTS) is 1. The summed E-state index contributed by atoms with van der Waals surface area (Å²) in [5.41, 5.74) is 1.18. The molecule has 9 unspecified atom stereocenters. The molecule has 1 N–H and O–H groups in total. The summed E-state index contributed by atoms with van der Waals surface area (Å²) in [6.07, 6.45) is 12.5. The Balaban J connectivity index is 1.38. The van der Waals surface area contributed by atoms with E-state index in [2.05, 4.69) is 48.1 Å². The first-order chi connectivity index (χ1) is 18.0. The molecule has 0 aromatic rings. The van der Waals surface area contributed by atoms with Crippen molar-refractivity contribution in [2.45, 2.75) is 132 Å². The van der Waals surface area contributed by atoms with Gasteiger partial charge < -0.3 is 9.84 Å². The average molecular weight is 541 g/mol. The third kappa shape index (κ3) is 4.18. The maximum atomic E-state index is 12.9. The van der Waals surface area contributed by atoms with Gasteiger partial charge in [-0.1, -0.05) is 46.8 Å². The molecule has 0 radical (unpaired) electrons. The lowest BCUT2D eigenvalue weighted by Gasteiger charge is -2.72. The molecule has 5 rings (SSSR count). The fourth-order valence-corrected chi connectivity index (χ4v) is 12.0. The topological polar surface area (TPSA) is 63.6 Å². The standard InChI is InChI=1S/C35H56O4/c1-21(2)23-11-10-22-14-18-34(8)24(29(22)23)12-13-26-33(7)17-16-27(39-28(36)20-31(3,4)30(37)38)32(5,6)25(33)15-19-35(26,34)9/h22-27,29H,1,10-20H2,2-9H3,(H,37,38)/t22?,23?,24?,25?,26?,27?,29?,33?,34-,35?/m1/s1. The van der Waals surface area contributed by atoms with Gasteiger partial charge in [0.15, 0.2) is 0 Å². The number of ether oxygens (including phenoxy) is 1. The van der Waals surface area contributed by atoms with Crippen LogP contribution in [0.5, 0.6) is 0 Å². The summed E-state index contributed by atoms with van der Waals surface area (Å²) in [6, 6.07) is 0. The van der Waals surface area contributed by atoms with Gasteiger partial charge in [0.2, 0.25) is 0 Å². The van der Waals surface area contributed by atoms with E-state index in [1.165, 1.54) is 56.9 Å². The number of carbonyl (C=O) groups is 2. The van der Waals surface area contributed by atoms with Crippen LogP contribution in [-0.2, 0) is 14.3 Å². The molecule has 4 heteroatoms. The number of aliphatic carboxylic acids is 1. The highest BCUT2D eigenvalue weighted by atomic mass is 16.5. The second-order valence-corrected chi connectivity index (χ2v) is 16.8. The minimum Gasteiger partial charge on any atom is -0.481 e. The molecule has 0 aromatic carbocycles. The van der Waals surface area contributed by atoms with Gasteiger partial charge in [-0.2, -0.15) is 0 Å². The molecule has 5 fully saturated rings. The lowest BCUT2D eigenvalue weighted by Crippen LogP contribution is -2.66. The number of carbonyl (C=O) groups excluding carboxylic acids is 1. The van der Waals surface area contributed by atoms with Gasteiger partial charge >= 0.3 is 11.9 Å². The monoisotopic (exact) mass is 540 g/mol. The van der Waals surface area contributed by atoms with Crippen molar-refractivity contribution >= 4 is 11.9 Å². The number of carboxylic acids is 1. The fraction of sp³-hybridized carbons (Fsp3) is 0.886. The molecule has 0 amide bonds.